The second-order valence-electron chi connectivity index (χ2n) is 18.4. The van der Waals surface area contributed by atoms with Crippen molar-refractivity contribution in [1.82, 2.24) is 15.1 Å². The number of carbonyl (C=O) groups is 2. The average Bonchev–Trinajstić information content (AvgIpc) is 3.66. The first kappa shape index (κ1) is 36.0. The summed E-state index contributed by atoms with van der Waals surface area (Å²) in [6.45, 7) is 11.9. The molecule has 8 unspecified atom stereocenters. The number of halogens is 3. The SMILES string of the molecule is C/C=C1/C(OC(=O)NC2CN(CC(F)(F)F)C2)CCC23CC24CCC2(C)[C@H]5CCC(C(OC(=O)N6CCC6)C(C)C)OC5[C@H](O)[C@@]2(C)C4CC[C@@H]13. The highest BCUT2D eigenvalue weighted by atomic mass is 19.4. The third kappa shape index (κ3) is 5.32. The average molecular weight is 722 g/mol. The van der Waals surface area contributed by atoms with Crippen molar-refractivity contribution in [2.45, 2.75) is 142 Å². The van der Waals surface area contributed by atoms with Gasteiger partial charge < -0.3 is 29.5 Å². The molecule has 2 spiro atoms. The van der Waals surface area contributed by atoms with Gasteiger partial charge in [-0.25, -0.2) is 9.59 Å². The van der Waals surface area contributed by atoms with Crippen LogP contribution in [0.2, 0.25) is 0 Å². The monoisotopic (exact) mass is 721 g/mol. The molecule has 9 nitrogen and oxygen atoms in total. The molecule has 12 atom stereocenters. The summed E-state index contributed by atoms with van der Waals surface area (Å²) in [6, 6.07) is -0.333. The van der Waals surface area contributed by atoms with Gasteiger partial charge in [-0.2, -0.15) is 13.2 Å². The minimum Gasteiger partial charge on any atom is -0.443 e. The number of amides is 2. The fourth-order valence-corrected chi connectivity index (χ4v) is 13.4. The third-order valence-electron chi connectivity index (χ3n) is 16.1. The van der Waals surface area contributed by atoms with Gasteiger partial charge in [0.15, 0.2) is 0 Å². The number of aliphatic hydroxyl groups excluding tert-OH is 1. The Morgan fingerprint density at radius 2 is 1.80 bits per heavy atom. The fourth-order valence-electron chi connectivity index (χ4n) is 13.4. The Morgan fingerprint density at radius 1 is 1.06 bits per heavy atom. The van der Waals surface area contributed by atoms with Crippen LogP contribution in [0.1, 0.15) is 98.8 Å². The van der Waals surface area contributed by atoms with E-state index < -0.39 is 24.9 Å². The van der Waals surface area contributed by atoms with Gasteiger partial charge in [-0.3, -0.25) is 4.90 Å². The number of allylic oxidation sites excluding steroid dienone is 1. The van der Waals surface area contributed by atoms with E-state index in [0.717, 1.165) is 77.3 Å². The maximum Gasteiger partial charge on any atom is 0.410 e. The smallest absolute Gasteiger partial charge is 0.410 e. The summed E-state index contributed by atoms with van der Waals surface area (Å²) in [4.78, 5) is 28.8. The first-order valence-corrected chi connectivity index (χ1v) is 19.8. The second-order valence-corrected chi connectivity index (χ2v) is 18.4. The molecule has 51 heavy (non-hydrogen) atoms. The highest BCUT2D eigenvalue weighted by Crippen LogP contribution is 2.88. The van der Waals surface area contributed by atoms with Crippen LogP contribution < -0.4 is 5.32 Å². The Bertz CT molecular complexity index is 1430. The Kier molecular flexibility index (Phi) is 8.62. The van der Waals surface area contributed by atoms with Crippen LogP contribution in [0.5, 0.6) is 0 Å². The standard InChI is InChI=1S/C39H58F3N3O6/c1-6-24-25-9-11-29-36(5)32(46)31-26(8-10-28(49-31)30(22(2)3)51-34(48)45-16-7-17-45)35(36,4)14-15-38(29)20-37(25,38)13-12-27(24)50-33(47)43-23-18-44(19-23)21-39(40,41)42/h6,22-23,25-32,46H,7-21H2,1-5H3,(H,43,47)/b24-6+/t25-,26-,27?,28?,29?,30?,31?,32-,35?,36+,37?,38?/m0/s1. The maximum atomic E-state index is 12.9. The zero-order chi connectivity index (χ0) is 36.3. The van der Waals surface area contributed by atoms with Crippen LogP contribution in [0.25, 0.3) is 0 Å². The zero-order valence-corrected chi connectivity index (χ0v) is 31.0. The molecular formula is C39H58F3N3O6. The molecule has 0 bridgehead atoms. The molecule has 3 aliphatic heterocycles. The number of hydrogen-bond donors (Lipinski definition) is 2. The molecule has 0 aromatic heterocycles. The lowest BCUT2D eigenvalue weighted by Gasteiger charge is -2.61. The Labute approximate surface area is 300 Å². The summed E-state index contributed by atoms with van der Waals surface area (Å²) in [5.74, 6) is 1.04. The summed E-state index contributed by atoms with van der Waals surface area (Å²) >= 11 is 0. The molecule has 5 aliphatic carbocycles. The molecule has 8 fully saturated rings. The molecule has 0 aromatic rings. The largest absolute Gasteiger partial charge is 0.443 e. The molecule has 286 valence electrons. The van der Waals surface area contributed by atoms with Gasteiger partial charge in [0.25, 0.3) is 0 Å². The lowest BCUT2D eigenvalue weighted by molar-refractivity contribution is -0.172. The quantitative estimate of drug-likeness (QED) is 0.295. The Hall–Kier alpha value is -2.05. The van der Waals surface area contributed by atoms with E-state index in [-0.39, 0.29) is 83.1 Å². The summed E-state index contributed by atoms with van der Waals surface area (Å²) in [7, 11) is 0. The number of rotatable bonds is 6. The van der Waals surface area contributed by atoms with E-state index in [0.29, 0.717) is 11.8 Å². The minimum atomic E-state index is -4.25. The van der Waals surface area contributed by atoms with Crippen LogP contribution in [-0.2, 0) is 14.2 Å². The van der Waals surface area contributed by atoms with Gasteiger partial charge in [0.05, 0.1) is 30.9 Å². The van der Waals surface area contributed by atoms with E-state index in [4.69, 9.17) is 14.2 Å². The normalized spacial score (nSPS) is 46.0. The van der Waals surface area contributed by atoms with E-state index in [9.17, 15) is 27.9 Å². The van der Waals surface area contributed by atoms with E-state index in [1.807, 2.05) is 6.92 Å². The predicted octanol–water partition coefficient (Wildman–Crippen LogP) is 6.68. The lowest BCUT2D eigenvalue weighted by Crippen LogP contribution is -2.61. The van der Waals surface area contributed by atoms with Crippen LogP contribution in [0.4, 0.5) is 22.8 Å². The number of aliphatic hydroxyl groups is 1. The lowest BCUT2D eigenvalue weighted by atomic mass is 9.43. The summed E-state index contributed by atoms with van der Waals surface area (Å²) in [5.41, 5.74) is 1.10. The van der Waals surface area contributed by atoms with Gasteiger partial charge >= 0.3 is 18.4 Å². The topological polar surface area (TPSA) is 101 Å². The number of ether oxygens (including phenoxy) is 3. The van der Waals surface area contributed by atoms with Crippen LogP contribution in [0, 0.1) is 45.3 Å². The van der Waals surface area contributed by atoms with Crippen molar-refractivity contribution in [3.8, 4) is 0 Å². The number of hydrogen-bond acceptors (Lipinski definition) is 7. The second kappa shape index (κ2) is 12.2. The number of nitrogens with one attached hydrogen (secondary N) is 1. The van der Waals surface area contributed by atoms with Gasteiger partial charge in [-0.05, 0) is 117 Å². The summed E-state index contributed by atoms with van der Waals surface area (Å²) in [5, 5.41) is 15.3. The van der Waals surface area contributed by atoms with Crippen molar-refractivity contribution >= 4 is 12.2 Å². The van der Waals surface area contributed by atoms with Gasteiger partial charge in [0, 0.05) is 31.6 Å². The molecule has 12 heteroatoms. The third-order valence-corrected chi connectivity index (χ3v) is 16.1. The van der Waals surface area contributed by atoms with Crippen LogP contribution in [-0.4, -0.2) is 103 Å². The minimum absolute atomic E-state index is 0.0603. The fraction of sp³-hybridized carbons (Fsp3) is 0.897. The summed E-state index contributed by atoms with van der Waals surface area (Å²) in [6.07, 6.45) is 5.15. The molecule has 2 amide bonds. The van der Waals surface area contributed by atoms with Crippen molar-refractivity contribution in [3.63, 3.8) is 0 Å². The van der Waals surface area contributed by atoms with Gasteiger partial charge in [-0.15, -0.1) is 0 Å². The number of nitrogens with zero attached hydrogens (tertiary/aromatic N) is 2. The van der Waals surface area contributed by atoms with E-state index >= 15 is 0 Å². The molecule has 8 rings (SSSR count). The van der Waals surface area contributed by atoms with E-state index in [1.54, 1.807) is 4.90 Å². The molecule has 2 N–H and O–H groups in total. The number of likely N-dealkylation sites (tertiary alicyclic amines) is 2. The number of alkyl carbamates (subject to hydrolysis) is 1. The van der Waals surface area contributed by atoms with Gasteiger partial charge in [-0.1, -0.05) is 33.8 Å². The number of alkyl halides is 3. The van der Waals surface area contributed by atoms with E-state index in [1.165, 1.54) is 10.5 Å². The maximum absolute atomic E-state index is 12.9. The molecule has 3 saturated heterocycles. The van der Waals surface area contributed by atoms with Crippen LogP contribution in [0.3, 0.4) is 0 Å². The zero-order valence-electron chi connectivity index (χ0n) is 31.0. The number of fused-ring (bicyclic) bond motifs is 4. The van der Waals surface area contributed by atoms with Crippen molar-refractivity contribution < 1.29 is 42.1 Å². The Morgan fingerprint density at radius 3 is 2.45 bits per heavy atom. The molecule has 0 aromatic carbocycles. The van der Waals surface area contributed by atoms with Crippen molar-refractivity contribution in [1.29, 1.82) is 0 Å². The van der Waals surface area contributed by atoms with Gasteiger partial charge in [0.2, 0.25) is 0 Å². The highest BCUT2D eigenvalue weighted by molar-refractivity contribution is 5.69. The van der Waals surface area contributed by atoms with Crippen molar-refractivity contribution in [2.75, 3.05) is 32.7 Å². The highest BCUT2D eigenvalue weighted by Gasteiger charge is 2.83. The van der Waals surface area contributed by atoms with Crippen molar-refractivity contribution in [3.05, 3.63) is 11.6 Å². The predicted molar refractivity (Wildman–Crippen MR) is 183 cm³/mol. The molecule has 5 saturated carbocycles. The number of carbonyl (C=O) groups excluding carboxylic acids is 2. The van der Waals surface area contributed by atoms with E-state index in [2.05, 4.69) is 39.1 Å². The molecule has 3 heterocycles. The first-order chi connectivity index (χ1) is 24.1. The van der Waals surface area contributed by atoms with Crippen molar-refractivity contribution in [2.24, 2.45) is 45.3 Å². The first-order valence-electron chi connectivity index (χ1n) is 19.8. The molecular weight excluding hydrogens is 663 g/mol. The summed E-state index contributed by atoms with van der Waals surface area (Å²) < 4.78 is 57.1. The van der Waals surface area contributed by atoms with Gasteiger partial charge in [0.1, 0.15) is 12.2 Å². The Balaban J connectivity index is 0.948. The van der Waals surface area contributed by atoms with Crippen LogP contribution in [0.15, 0.2) is 11.6 Å². The molecule has 8 aliphatic rings. The van der Waals surface area contributed by atoms with Crippen LogP contribution >= 0.6 is 0 Å². The molecule has 0 radical (unpaired) electrons.